The van der Waals surface area contributed by atoms with Gasteiger partial charge in [-0.15, -0.1) is 0 Å². The van der Waals surface area contributed by atoms with Crippen molar-refractivity contribution in [1.29, 1.82) is 0 Å². The number of rotatable bonds is 6. The standard InChI is InChI=1S/C16H15Cl2NO5S/c1-19(23-2)25(21,22)15-9-12(5-8-14(15)18)16(20)24-10-11-3-6-13(17)7-4-11/h3-9H,10H2,1-2H3. The molecule has 6 nitrogen and oxygen atoms in total. The normalized spacial score (nSPS) is 11.6. The molecule has 0 fully saturated rings. The molecule has 0 saturated carbocycles. The summed E-state index contributed by atoms with van der Waals surface area (Å²) in [6.45, 7) is 0.0265. The maximum atomic E-state index is 12.3. The van der Waals surface area contributed by atoms with Crippen molar-refractivity contribution in [2.75, 3.05) is 14.2 Å². The number of ether oxygens (including phenoxy) is 1. The van der Waals surface area contributed by atoms with E-state index in [1.807, 2.05) is 0 Å². The number of hydrogen-bond donors (Lipinski definition) is 0. The first-order valence-corrected chi connectivity index (χ1v) is 9.19. The first-order valence-electron chi connectivity index (χ1n) is 7.00. The number of benzene rings is 2. The van der Waals surface area contributed by atoms with E-state index in [1.165, 1.54) is 26.3 Å². The molecule has 0 heterocycles. The number of carbonyl (C=O) groups excluding carboxylic acids is 1. The van der Waals surface area contributed by atoms with Gasteiger partial charge >= 0.3 is 5.97 Å². The summed E-state index contributed by atoms with van der Waals surface area (Å²) >= 11 is 11.7. The lowest BCUT2D eigenvalue weighted by Gasteiger charge is -2.15. The van der Waals surface area contributed by atoms with Crippen LogP contribution in [0.4, 0.5) is 0 Å². The Morgan fingerprint density at radius 3 is 2.36 bits per heavy atom. The monoisotopic (exact) mass is 403 g/mol. The summed E-state index contributed by atoms with van der Waals surface area (Å²) < 4.78 is 30.5. The van der Waals surface area contributed by atoms with Gasteiger partial charge in [0.1, 0.15) is 11.5 Å². The molecule has 25 heavy (non-hydrogen) atoms. The highest BCUT2D eigenvalue weighted by atomic mass is 35.5. The first kappa shape index (κ1) is 19.7. The zero-order valence-electron chi connectivity index (χ0n) is 13.4. The Balaban J connectivity index is 2.21. The van der Waals surface area contributed by atoms with E-state index in [2.05, 4.69) is 0 Å². The highest BCUT2D eigenvalue weighted by molar-refractivity contribution is 7.89. The molecule has 134 valence electrons. The summed E-state index contributed by atoms with van der Waals surface area (Å²) in [7, 11) is -1.57. The van der Waals surface area contributed by atoms with Crippen LogP contribution < -0.4 is 0 Å². The number of sulfonamides is 1. The SMILES string of the molecule is CON(C)S(=O)(=O)c1cc(C(=O)OCc2ccc(Cl)cc2)ccc1Cl. The number of carbonyl (C=O) groups is 1. The fourth-order valence-corrected chi connectivity index (χ4v) is 3.48. The summed E-state index contributed by atoms with van der Waals surface area (Å²) in [5.41, 5.74) is 0.806. The van der Waals surface area contributed by atoms with Crippen LogP contribution in [0.1, 0.15) is 15.9 Å². The molecule has 2 rings (SSSR count). The van der Waals surface area contributed by atoms with Gasteiger partial charge in [-0.1, -0.05) is 39.8 Å². The number of hydrogen-bond acceptors (Lipinski definition) is 5. The topological polar surface area (TPSA) is 72.9 Å². The number of halogens is 2. The minimum atomic E-state index is -3.99. The summed E-state index contributed by atoms with van der Waals surface area (Å²) in [4.78, 5) is 16.6. The molecule has 0 bridgehead atoms. The van der Waals surface area contributed by atoms with Crippen LogP contribution in [0.25, 0.3) is 0 Å². The van der Waals surface area contributed by atoms with Crippen LogP contribution in [-0.4, -0.2) is 33.0 Å². The van der Waals surface area contributed by atoms with Crippen molar-refractivity contribution in [3.63, 3.8) is 0 Å². The summed E-state index contributed by atoms with van der Waals surface area (Å²) in [5.74, 6) is -0.678. The minimum Gasteiger partial charge on any atom is -0.457 e. The molecule has 0 atom stereocenters. The highest BCUT2D eigenvalue weighted by Gasteiger charge is 2.25. The second-order valence-electron chi connectivity index (χ2n) is 4.95. The van der Waals surface area contributed by atoms with Crippen molar-refractivity contribution in [1.82, 2.24) is 4.47 Å². The van der Waals surface area contributed by atoms with Gasteiger partial charge in [-0.25, -0.2) is 13.2 Å². The van der Waals surface area contributed by atoms with Crippen molar-refractivity contribution < 1.29 is 22.8 Å². The van der Waals surface area contributed by atoms with E-state index in [0.717, 1.165) is 11.6 Å². The van der Waals surface area contributed by atoms with Gasteiger partial charge in [0.05, 0.1) is 17.7 Å². The van der Waals surface area contributed by atoms with E-state index in [1.54, 1.807) is 24.3 Å². The van der Waals surface area contributed by atoms with Gasteiger partial charge in [0.2, 0.25) is 0 Å². The van der Waals surface area contributed by atoms with Crippen molar-refractivity contribution in [3.8, 4) is 0 Å². The van der Waals surface area contributed by atoms with Gasteiger partial charge in [-0.05, 0) is 35.9 Å². The molecule has 0 aliphatic heterocycles. The van der Waals surface area contributed by atoms with Crippen molar-refractivity contribution in [3.05, 3.63) is 63.6 Å². The molecule has 2 aromatic rings. The van der Waals surface area contributed by atoms with E-state index in [4.69, 9.17) is 32.8 Å². The molecule has 0 unspecified atom stereocenters. The molecule has 0 spiro atoms. The first-order chi connectivity index (χ1) is 11.8. The largest absolute Gasteiger partial charge is 0.457 e. The Kier molecular flexibility index (Phi) is 6.42. The maximum Gasteiger partial charge on any atom is 0.338 e. The lowest BCUT2D eigenvalue weighted by atomic mass is 10.2. The average Bonchev–Trinajstić information content (AvgIpc) is 2.60. The molecule has 0 aliphatic rings. The molecule has 2 aromatic carbocycles. The molecule has 0 aliphatic carbocycles. The third kappa shape index (κ3) is 4.71. The fraction of sp³-hybridized carbons (Fsp3) is 0.188. The zero-order valence-corrected chi connectivity index (χ0v) is 15.7. The molecule has 0 saturated heterocycles. The summed E-state index contributed by atoms with van der Waals surface area (Å²) in [6.07, 6.45) is 0. The summed E-state index contributed by atoms with van der Waals surface area (Å²) in [6, 6.07) is 10.7. The van der Waals surface area contributed by atoms with Crippen LogP contribution in [-0.2, 0) is 26.2 Å². The van der Waals surface area contributed by atoms with E-state index < -0.39 is 16.0 Å². The second-order valence-corrected chi connectivity index (χ2v) is 7.69. The summed E-state index contributed by atoms with van der Waals surface area (Å²) in [5, 5.41) is 0.544. The average molecular weight is 404 g/mol. The predicted octanol–water partition coefficient (Wildman–Crippen LogP) is 3.53. The van der Waals surface area contributed by atoms with E-state index >= 15 is 0 Å². The van der Waals surface area contributed by atoms with Gasteiger partial charge in [-0.2, -0.15) is 0 Å². The molecule has 9 heteroatoms. The molecular formula is C16H15Cl2NO5S. The van der Waals surface area contributed by atoms with E-state index in [-0.39, 0.29) is 22.1 Å². The van der Waals surface area contributed by atoms with Crippen molar-refractivity contribution in [2.45, 2.75) is 11.5 Å². The van der Waals surface area contributed by atoms with Gasteiger partial charge in [0.25, 0.3) is 10.0 Å². The molecule has 0 radical (unpaired) electrons. The van der Waals surface area contributed by atoms with Crippen molar-refractivity contribution >= 4 is 39.2 Å². The smallest absolute Gasteiger partial charge is 0.338 e. The molecular weight excluding hydrogens is 389 g/mol. The molecule has 0 amide bonds. The third-order valence-corrected chi connectivity index (χ3v) is 5.74. The van der Waals surface area contributed by atoms with Crippen LogP contribution in [0.15, 0.2) is 47.4 Å². The van der Waals surface area contributed by atoms with Crippen LogP contribution in [0.2, 0.25) is 10.0 Å². The Labute approximate surface area is 155 Å². The van der Waals surface area contributed by atoms with Gasteiger partial charge in [0, 0.05) is 12.1 Å². The Morgan fingerprint density at radius 1 is 1.12 bits per heavy atom. The van der Waals surface area contributed by atoms with Gasteiger partial charge in [0.15, 0.2) is 0 Å². The van der Waals surface area contributed by atoms with Crippen LogP contribution in [0.5, 0.6) is 0 Å². The lowest BCUT2D eigenvalue weighted by molar-refractivity contribution is -0.0258. The van der Waals surface area contributed by atoms with Gasteiger partial charge < -0.3 is 4.74 Å². The third-order valence-electron chi connectivity index (χ3n) is 3.32. The highest BCUT2D eigenvalue weighted by Crippen LogP contribution is 2.26. The Morgan fingerprint density at radius 2 is 1.76 bits per heavy atom. The Hall–Kier alpha value is -1.64. The number of nitrogens with zero attached hydrogens (tertiary/aromatic N) is 1. The van der Waals surface area contributed by atoms with Crippen molar-refractivity contribution in [2.24, 2.45) is 0 Å². The molecule has 0 aromatic heterocycles. The zero-order chi connectivity index (χ0) is 18.6. The Bertz CT molecular complexity index is 869. The number of esters is 1. The van der Waals surface area contributed by atoms with E-state index in [9.17, 15) is 13.2 Å². The van der Waals surface area contributed by atoms with Crippen LogP contribution in [0, 0.1) is 0 Å². The van der Waals surface area contributed by atoms with Gasteiger partial charge in [-0.3, -0.25) is 4.84 Å². The second kappa shape index (κ2) is 8.16. The lowest BCUT2D eigenvalue weighted by Crippen LogP contribution is -2.26. The number of hydroxylamine groups is 1. The minimum absolute atomic E-state index is 0.0265. The quantitative estimate of drug-likeness (QED) is 0.544. The maximum absolute atomic E-state index is 12.3. The fourth-order valence-electron chi connectivity index (χ4n) is 1.88. The molecule has 0 N–H and O–H groups in total. The van der Waals surface area contributed by atoms with Crippen LogP contribution in [0.3, 0.4) is 0 Å². The predicted molar refractivity (Wildman–Crippen MR) is 94.0 cm³/mol. The van der Waals surface area contributed by atoms with E-state index in [0.29, 0.717) is 9.49 Å². The van der Waals surface area contributed by atoms with Crippen LogP contribution >= 0.6 is 23.2 Å².